The fraction of sp³-hybridized carbons (Fsp3) is 0.208. The monoisotopic (exact) mass is 391 g/mol. The van der Waals surface area contributed by atoms with E-state index in [1.165, 1.54) is 5.56 Å². The maximum atomic E-state index is 11.3. The van der Waals surface area contributed by atoms with Gasteiger partial charge in [0.05, 0.1) is 12.7 Å². The van der Waals surface area contributed by atoms with E-state index in [4.69, 9.17) is 9.47 Å². The molecule has 3 rings (SSSR count). The number of hydrogen-bond donors (Lipinski definition) is 2. The Kier molecular flexibility index (Phi) is 6.39. The fourth-order valence-electron chi connectivity index (χ4n) is 3.00. The highest BCUT2D eigenvalue weighted by molar-refractivity contribution is 5.89. The summed E-state index contributed by atoms with van der Waals surface area (Å²) < 4.78 is 11.6. The number of anilines is 1. The molecule has 0 bridgehead atoms. The number of hydrogen-bond acceptors (Lipinski definition) is 4. The number of ether oxygens (including phenoxy) is 2. The van der Waals surface area contributed by atoms with Crippen molar-refractivity contribution >= 4 is 11.7 Å². The molecule has 0 saturated heterocycles. The Morgan fingerprint density at radius 1 is 1.03 bits per heavy atom. The molecular weight excluding hydrogens is 366 g/mol. The van der Waals surface area contributed by atoms with Crippen molar-refractivity contribution in [3.8, 4) is 11.5 Å². The third-order valence-electron chi connectivity index (χ3n) is 4.74. The lowest BCUT2D eigenvalue weighted by Gasteiger charge is -2.17. The van der Waals surface area contributed by atoms with Gasteiger partial charge in [0, 0.05) is 17.8 Å². The first-order valence-electron chi connectivity index (χ1n) is 9.40. The van der Waals surface area contributed by atoms with Crippen LogP contribution in [0.25, 0.3) is 0 Å². The third kappa shape index (κ3) is 5.08. The Balaban J connectivity index is 1.79. The highest BCUT2D eigenvalue weighted by Crippen LogP contribution is 2.32. The molecule has 0 unspecified atom stereocenters. The molecule has 2 N–H and O–H groups in total. The van der Waals surface area contributed by atoms with Gasteiger partial charge in [0.2, 0.25) is 0 Å². The average molecular weight is 391 g/mol. The molecule has 3 aromatic rings. The van der Waals surface area contributed by atoms with Crippen LogP contribution in [0.1, 0.15) is 32.6 Å². The molecule has 0 fully saturated rings. The van der Waals surface area contributed by atoms with Crippen LogP contribution in [0.4, 0.5) is 5.69 Å². The van der Waals surface area contributed by atoms with E-state index < -0.39 is 5.97 Å². The Labute approximate surface area is 170 Å². The van der Waals surface area contributed by atoms with Gasteiger partial charge in [0.25, 0.3) is 0 Å². The summed E-state index contributed by atoms with van der Waals surface area (Å²) in [5, 5.41) is 12.6. The van der Waals surface area contributed by atoms with Crippen LogP contribution in [0.15, 0.2) is 60.7 Å². The van der Waals surface area contributed by atoms with Gasteiger partial charge in [-0.15, -0.1) is 0 Å². The Hall–Kier alpha value is -3.47. The number of carboxylic acid groups (broad SMARTS) is 1. The molecule has 3 aromatic carbocycles. The van der Waals surface area contributed by atoms with Crippen LogP contribution in [-0.2, 0) is 13.2 Å². The van der Waals surface area contributed by atoms with Crippen LogP contribution in [0.3, 0.4) is 0 Å². The lowest BCUT2D eigenvalue weighted by atomic mass is 10.1. The van der Waals surface area contributed by atoms with Gasteiger partial charge in [0.15, 0.2) is 11.5 Å². The van der Waals surface area contributed by atoms with Gasteiger partial charge >= 0.3 is 5.97 Å². The van der Waals surface area contributed by atoms with Crippen LogP contribution >= 0.6 is 0 Å². The van der Waals surface area contributed by atoms with E-state index in [0.717, 1.165) is 22.4 Å². The summed E-state index contributed by atoms with van der Waals surface area (Å²) in [7, 11) is 1.62. The summed E-state index contributed by atoms with van der Waals surface area (Å²) in [5.41, 5.74) is 5.20. The molecule has 0 radical (unpaired) electrons. The number of carbonyl (C=O) groups is 1. The topological polar surface area (TPSA) is 67.8 Å². The SMILES string of the molecule is COc1cccc(CNc2cc(C(=O)O)ccc2C)c1OCc1ccc(C)cc1. The highest BCUT2D eigenvalue weighted by Gasteiger charge is 2.12. The number of carboxylic acids is 1. The summed E-state index contributed by atoms with van der Waals surface area (Å²) >= 11 is 0. The number of benzene rings is 3. The number of methoxy groups -OCH3 is 1. The maximum absolute atomic E-state index is 11.3. The summed E-state index contributed by atoms with van der Waals surface area (Å²) in [6, 6.07) is 19.0. The summed E-state index contributed by atoms with van der Waals surface area (Å²) in [4.78, 5) is 11.3. The minimum absolute atomic E-state index is 0.250. The second-order valence-electron chi connectivity index (χ2n) is 6.91. The number of rotatable bonds is 8. The molecule has 0 heterocycles. The minimum atomic E-state index is -0.948. The predicted octanol–water partition coefficient (Wildman–Crippen LogP) is 5.20. The molecule has 0 aromatic heterocycles. The van der Waals surface area contributed by atoms with Crippen molar-refractivity contribution < 1.29 is 19.4 Å². The van der Waals surface area contributed by atoms with Crippen LogP contribution in [-0.4, -0.2) is 18.2 Å². The highest BCUT2D eigenvalue weighted by atomic mass is 16.5. The maximum Gasteiger partial charge on any atom is 0.335 e. The van der Waals surface area contributed by atoms with Crippen molar-refractivity contribution in [1.29, 1.82) is 0 Å². The molecule has 0 aliphatic rings. The standard InChI is InChI=1S/C24H25NO4/c1-16-7-10-18(11-8-16)15-29-23-20(5-4-6-22(23)28-3)14-25-21-13-19(24(26)27)12-9-17(21)2/h4-13,25H,14-15H2,1-3H3,(H,26,27). The van der Waals surface area contributed by atoms with Crippen LogP contribution in [0, 0.1) is 13.8 Å². The van der Waals surface area contributed by atoms with Gasteiger partial charge in [-0.1, -0.05) is 48.0 Å². The fourth-order valence-corrected chi connectivity index (χ4v) is 3.00. The Bertz CT molecular complexity index is 996. The quantitative estimate of drug-likeness (QED) is 0.552. The van der Waals surface area contributed by atoms with Crippen LogP contribution < -0.4 is 14.8 Å². The van der Waals surface area contributed by atoms with E-state index in [-0.39, 0.29) is 5.56 Å². The van der Waals surface area contributed by atoms with Gasteiger partial charge in [-0.3, -0.25) is 0 Å². The molecule has 0 amide bonds. The van der Waals surface area contributed by atoms with E-state index in [2.05, 4.69) is 24.4 Å². The average Bonchev–Trinajstić information content (AvgIpc) is 2.72. The molecule has 29 heavy (non-hydrogen) atoms. The van der Waals surface area contributed by atoms with Gasteiger partial charge < -0.3 is 19.9 Å². The second kappa shape index (κ2) is 9.15. The molecular formula is C24H25NO4. The molecule has 0 spiro atoms. The first kappa shape index (κ1) is 20.3. The molecule has 0 aliphatic carbocycles. The van der Waals surface area contributed by atoms with Crippen molar-refractivity contribution in [3.05, 3.63) is 88.5 Å². The van der Waals surface area contributed by atoms with Crippen molar-refractivity contribution in [2.75, 3.05) is 12.4 Å². The molecule has 5 heteroatoms. The molecule has 0 atom stereocenters. The summed E-state index contributed by atoms with van der Waals surface area (Å²) in [6.45, 7) is 4.90. The number of aromatic carboxylic acids is 1. The zero-order valence-electron chi connectivity index (χ0n) is 16.9. The Morgan fingerprint density at radius 2 is 1.79 bits per heavy atom. The van der Waals surface area contributed by atoms with Crippen molar-refractivity contribution in [3.63, 3.8) is 0 Å². The normalized spacial score (nSPS) is 10.4. The van der Waals surface area contributed by atoms with Gasteiger partial charge in [0.1, 0.15) is 6.61 Å². The van der Waals surface area contributed by atoms with Crippen molar-refractivity contribution in [1.82, 2.24) is 0 Å². The minimum Gasteiger partial charge on any atom is -0.493 e. The predicted molar refractivity (Wildman–Crippen MR) is 114 cm³/mol. The first-order valence-corrected chi connectivity index (χ1v) is 9.40. The van der Waals surface area contributed by atoms with E-state index in [0.29, 0.717) is 24.7 Å². The number of para-hydroxylation sites is 1. The largest absolute Gasteiger partial charge is 0.493 e. The van der Waals surface area contributed by atoms with Gasteiger partial charge in [-0.2, -0.15) is 0 Å². The van der Waals surface area contributed by atoms with Crippen molar-refractivity contribution in [2.24, 2.45) is 0 Å². The first-order chi connectivity index (χ1) is 14.0. The third-order valence-corrected chi connectivity index (χ3v) is 4.74. The van der Waals surface area contributed by atoms with E-state index in [9.17, 15) is 9.90 Å². The van der Waals surface area contributed by atoms with E-state index in [1.807, 2.05) is 37.3 Å². The lowest BCUT2D eigenvalue weighted by Crippen LogP contribution is -2.07. The summed E-state index contributed by atoms with van der Waals surface area (Å²) in [6.07, 6.45) is 0. The molecule has 150 valence electrons. The molecule has 5 nitrogen and oxygen atoms in total. The van der Waals surface area contributed by atoms with Crippen LogP contribution in [0.2, 0.25) is 0 Å². The zero-order valence-corrected chi connectivity index (χ0v) is 16.9. The van der Waals surface area contributed by atoms with E-state index in [1.54, 1.807) is 25.3 Å². The van der Waals surface area contributed by atoms with Crippen LogP contribution in [0.5, 0.6) is 11.5 Å². The number of nitrogens with one attached hydrogen (secondary N) is 1. The van der Waals surface area contributed by atoms with E-state index >= 15 is 0 Å². The lowest BCUT2D eigenvalue weighted by molar-refractivity contribution is 0.0697. The Morgan fingerprint density at radius 3 is 2.48 bits per heavy atom. The molecule has 0 saturated carbocycles. The molecule has 0 aliphatic heterocycles. The van der Waals surface area contributed by atoms with Gasteiger partial charge in [-0.25, -0.2) is 4.79 Å². The zero-order chi connectivity index (χ0) is 20.8. The smallest absolute Gasteiger partial charge is 0.335 e. The van der Waals surface area contributed by atoms with Crippen molar-refractivity contribution in [2.45, 2.75) is 27.0 Å². The summed E-state index contributed by atoms with van der Waals surface area (Å²) in [5.74, 6) is 0.388. The van der Waals surface area contributed by atoms with Gasteiger partial charge in [-0.05, 0) is 43.2 Å². The second-order valence-corrected chi connectivity index (χ2v) is 6.91. The number of aryl methyl sites for hydroxylation is 2.